The topological polar surface area (TPSA) is 64.4 Å². The van der Waals surface area contributed by atoms with Gasteiger partial charge in [-0.05, 0) is 37.3 Å². The molecular weight excluding hydrogens is 348 g/mol. The molecule has 0 amide bonds. The summed E-state index contributed by atoms with van der Waals surface area (Å²) in [7, 11) is 1.45. The fourth-order valence-corrected chi connectivity index (χ4v) is 2.86. The summed E-state index contributed by atoms with van der Waals surface area (Å²) < 4.78 is 7.72. The van der Waals surface area contributed by atoms with E-state index in [0.29, 0.717) is 11.4 Å². The number of hydrogen-bond acceptors (Lipinski definition) is 3. The molecule has 0 radical (unpaired) electrons. The van der Waals surface area contributed by atoms with Crippen LogP contribution in [0.3, 0.4) is 0 Å². The number of fused-ring (bicyclic) bond motifs is 1. The van der Waals surface area contributed by atoms with Crippen molar-refractivity contribution in [3.05, 3.63) is 52.1 Å². The molecule has 0 bridgehead atoms. The van der Waals surface area contributed by atoms with Gasteiger partial charge >= 0.3 is 5.97 Å². The van der Waals surface area contributed by atoms with Gasteiger partial charge in [-0.25, -0.2) is 9.48 Å². The number of halogens is 1. The van der Waals surface area contributed by atoms with E-state index >= 15 is 0 Å². The van der Waals surface area contributed by atoms with E-state index in [-0.39, 0.29) is 5.56 Å². The van der Waals surface area contributed by atoms with Crippen LogP contribution < -0.4 is 4.74 Å². The van der Waals surface area contributed by atoms with E-state index in [9.17, 15) is 9.90 Å². The van der Waals surface area contributed by atoms with E-state index in [1.807, 2.05) is 25.1 Å². The summed E-state index contributed by atoms with van der Waals surface area (Å²) in [5.74, 6) is -0.745. The maximum atomic E-state index is 11.7. The van der Waals surface area contributed by atoms with Gasteiger partial charge in [0.05, 0.1) is 24.0 Å². The second-order valence-corrected chi connectivity index (χ2v) is 5.73. The van der Waals surface area contributed by atoms with E-state index in [1.54, 1.807) is 22.9 Å². The number of carbonyl (C=O) groups is 1. The van der Waals surface area contributed by atoms with Crippen LogP contribution in [-0.4, -0.2) is 28.0 Å². The maximum absolute atomic E-state index is 11.7. The van der Waals surface area contributed by atoms with Gasteiger partial charge in [0.2, 0.25) is 0 Å². The van der Waals surface area contributed by atoms with Crippen LogP contribution in [0.1, 0.15) is 16.1 Å². The molecule has 1 heterocycles. The number of carboxylic acids is 1. The number of rotatable bonds is 3. The average Bonchev–Trinajstić information content (AvgIpc) is 2.82. The van der Waals surface area contributed by atoms with Gasteiger partial charge in [0.25, 0.3) is 0 Å². The van der Waals surface area contributed by atoms with Crippen LogP contribution in [0.25, 0.3) is 16.6 Å². The van der Waals surface area contributed by atoms with Crippen LogP contribution in [0.15, 0.2) is 40.9 Å². The number of methoxy groups -OCH3 is 1. The number of aromatic carboxylic acids is 1. The second-order valence-electron chi connectivity index (χ2n) is 4.82. The van der Waals surface area contributed by atoms with Crippen molar-refractivity contribution in [3.8, 4) is 11.4 Å². The van der Waals surface area contributed by atoms with Gasteiger partial charge in [0, 0.05) is 9.86 Å². The minimum Gasteiger partial charge on any atom is -0.496 e. The summed E-state index contributed by atoms with van der Waals surface area (Å²) in [5, 5.41) is 15.0. The van der Waals surface area contributed by atoms with Crippen molar-refractivity contribution in [1.29, 1.82) is 0 Å². The Morgan fingerprint density at radius 2 is 2.09 bits per heavy atom. The third-order valence-corrected chi connectivity index (χ3v) is 3.99. The van der Waals surface area contributed by atoms with Gasteiger partial charge < -0.3 is 9.84 Å². The Hall–Kier alpha value is -2.34. The highest BCUT2D eigenvalue weighted by Gasteiger charge is 2.20. The molecule has 0 fully saturated rings. The molecule has 5 nitrogen and oxygen atoms in total. The van der Waals surface area contributed by atoms with Crippen LogP contribution in [0, 0.1) is 6.92 Å². The number of aryl methyl sites for hydroxylation is 1. The van der Waals surface area contributed by atoms with Gasteiger partial charge in [0.1, 0.15) is 11.3 Å². The minimum atomic E-state index is -1.05. The molecule has 0 unspecified atom stereocenters. The lowest BCUT2D eigenvalue weighted by Gasteiger charge is -2.11. The van der Waals surface area contributed by atoms with Crippen molar-refractivity contribution in [2.24, 2.45) is 0 Å². The Morgan fingerprint density at radius 1 is 1.32 bits per heavy atom. The van der Waals surface area contributed by atoms with Gasteiger partial charge in [-0.3, -0.25) is 0 Å². The van der Waals surface area contributed by atoms with Gasteiger partial charge in [-0.1, -0.05) is 22.0 Å². The van der Waals surface area contributed by atoms with Crippen LogP contribution >= 0.6 is 15.9 Å². The van der Waals surface area contributed by atoms with Crippen molar-refractivity contribution in [2.75, 3.05) is 7.11 Å². The largest absolute Gasteiger partial charge is 0.496 e. The first-order chi connectivity index (χ1) is 10.5. The van der Waals surface area contributed by atoms with Crippen LogP contribution in [0.5, 0.6) is 5.75 Å². The minimum absolute atomic E-state index is 0.0920. The molecule has 3 rings (SSSR count). The first-order valence-electron chi connectivity index (χ1n) is 6.58. The first kappa shape index (κ1) is 14.6. The number of nitrogens with zero attached hydrogens (tertiary/aromatic N) is 2. The quantitative estimate of drug-likeness (QED) is 0.771. The number of benzene rings is 2. The Balaban J connectivity index is 2.37. The summed E-state index contributed by atoms with van der Waals surface area (Å²) >= 11 is 3.44. The Kier molecular flexibility index (Phi) is 3.62. The zero-order chi connectivity index (χ0) is 15.9. The molecule has 0 saturated heterocycles. The molecule has 0 spiro atoms. The average molecular weight is 361 g/mol. The molecule has 1 N–H and O–H groups in total. The smallest absolute Gasteiger partial charge is 0.341 e. The molecule has 0 aliphatic carbocycles. The summed E-state index contributed by atoms with van der Waals surface area (Å²) in [6.45, 7) is 1.90. The third kappa shape index (κ3) is 2.25. The number of ether oxygens (including phenoxy) is 1. The molecule has 112 valence electrons. The zero-order valence-electron chi connectivity index (χ0n) is 12.0. The number of hydrogen-bond donors (Lipinski definition) is 1. The highest BCUT2D eigenvalue weighted by molar-refractivity contribution is 9.10. The summed E-state index contributed by atoms with van der Waals surface area (Å²) in [4.78, 5) is 11.7. The summed E-state index contributed by atoms with van der Waals surface area (Å²) in [6.07, 6.45) is 0. The van der Waals surface area contributed by atoms with Crippen molar-refractivity contribution >= 4 is 32.8 Å². The predicted octanol–water partition coefficient (Wildman–Crippen LogP) is 3.80. The van der Waals surface area contributed by atoms with Crippen molar-refractivity contribution in [3.63, 3.8) is 0 Å². The van der Waals surface area contributed by atoms with Gasteiger partial charge in [-0.2, -0.15) is 5.10 Å². The standard InChI is InChI=1S/C16H13BrN2O3/c1-9-11-7-6-10(17)8-13(11)19(18-9)12-4-3-5-14(22-2)15(12)16(20)21/h3-8H,1-2H3,(H,20,21). The Labute approximate surface area is 135 Å². The molecule has 22 heavy (non-hydrogen) atoms. The number of carboxylic acid groups (broad SMARTS) is 1. The summed E-state index contributed by atoms with van der Waals surface area (Å²) in [6, 6.07) is 10.9. The highest BCUT2D eigenvalue weighted by Crippen LogP contribution is 2.30. The van der Waals surface area contributed by atoms with Crippen LogP contribution in [0.2, 0.25) is 0 Å². The zero-order valence-corrected chi connectivity index (χ0v) is 13.6. The lowest BCUT2D eigenvalue weighted by molar-refractivity contribution is 0.0693. The van der Waals surface area contributed by atoms with Gasteiger partial charge in [-0.15, -0.1) is 0 Å². The van der Waals surface area contributed by atoms with Crippen molar-refractivity contribution in [1.82, 2.24) is 9.78 Å². The highest BCUT2D eigenvalue weighted by atomic mass is 79.9. The van der Waals surface area contributed by atoms with E-state index in [1.165, 1.54) is 7.11 Å². The second kappa shape index (κ2) is 5.46. The van der Waals surface area contributed by atoms with E-state index in [0.717, 1.165) is 21.1 Å². The monoisotopic (exact) mass is 360 g/mol. The van der Waals surface area contributed by atoms with E-state index in [4.69, 9.17) is 4.74 Å². The van der Waals surface area contributed by atoms with Crippen LogP contribution in [0.4, 0.5) is 0 Å². The normalized spacial score (nSPS) is 10.9. The first-order valence-corrected chi connectivity index (χ1v) is 7.37. The number of aromatic nitrogens is 2. The van der Waals surface area contributed by atoms with Crippen LogP contribution in [-0.2, 0) is 0 Å². The molecule has 6 heteroatoms. The molecular formula is C16H13BrN2O3. The molecule has 0 atom stereocenters. The fraction of sp³-hybridized carbons (Fsp3) is 0.125. The molecule has 0 aliphatic rings. The Morgan fingerprint density at radius 3 is 2.77 bits per heavy atom. The van der Waals surface area contributed by atoms with Gasteiger partial charge in [0.15, 0.2) is 0 Å². The van der Waals surface area contributed by atoms with Crippen molar-refractivity contribution < 1.29 is 14.6 Å². The molecule has 0 aliphatic heterocycles. The lowest BCUT2D eigenvalue weighted by atomic mass is 10.1. The van der Waals surface area contributed by atoms with E-state index in [2.05, 4.69) is 21.0 Å². The molecule has 0 saturated carbocycles. The Bertz CT molecular complexity index is 886. The molecule has 1 aromatic heterocycles. The van der Waals surface area contributed by atoms with Crippen molar-refractivity contribution in [2.45, 2.75) is 6.92 Å². The summed E-state index contributed by atoms with van der Waals surface area (Å²) in [5.41, 5.74) is 2.24. The predicted molar refractivity (Wildman–Crippen MR) is 87.0 cm³/mol. The molecule has 3 aromatic rings. The van der Waals surface area contributed by atoms with E-state index < -0.39 is 5.97 Å². The molecule has 2 aromatic carbocycles. The fourth-order valence-electron chi connectivity index (χ4n) is 2.51. The third-order valence-electron chi connectivity index (χ3n) is 3.49. The SMILES string of the molecule is COc1cccc(-n2nc(C)c3ccc(Br)cc32)c1C(=O)O. The lowest BCUT2D eigenvalue weighted by Crippen LogP contribution is -2.08. The maximum Gasteiger partial charge on any atom is 0.341 e.